The minimum atomic E-state index is -0.387. The zero-order valence-corrected chi connectivity index (χ0v) is 12.2. The van der Waals surface area contributed by atoms with Gasteiger partial charge in [-0.25, -0.2) is 0 Å². The average Bonchev–Trinajstić information content (AvgIpc) is 2.41. The second kappa shape index (κ2) is 5.65. The first-order valence-corrected chi connectivity index (χ1v) is 7.33. The van der Waals surface area contributed by atoms with Crippen LogP contribution in [-0.2, 0) is 0 Å². The summed E-state index contributed by atoms with van der Waals surface area (Å²) >= 11 is 0. The predicted octanol–water partition coefficient (Wildman–Crippen LogP) is 4.52. The van der Waals surface area contributed by atoms with Gasteiger partial charge in [0.1, 0.15) is 5.54 Å². The first-order valence-electron chi connectivity index (χ1n) is 7.33. The normalized spacial score (nSPS) is 27.0. The largest absolute Gasteiger partial charge is 0.367 e. The Balaban J connectivity index is 2.25. The molecule has 0 spiro atoms. The van der Waals surface area contributed by atoms with Crippen LogP contribution in [0.25, 0.3) is 0 Å². The van der Waals surface area contributed by atoms with Crippen LogP contribution in [0.3, 0.4) is 0 Å². The summed E-state index contributed by atoms with van der Waals surface area (Å²) in [5.74, 6) is 0.977. The highest BCUT2D eigenvalue weighted by Crippen LogP contribution is 2.40. The molecule has 0 bridgehead atoms. The third-order valence-electron chi connectivity index (χ3n) is 4.39. The first kappa shape index (κ1) is 13.9. The van der Waals surface area contributed by atoms with Gasteiger partial charge in [0.25, 0.3) is 0 Å². The van der Waals surface area contributed by atoms with Crippen LogP contribution in [0.15, 0.2) is 24.3 Å². The molecule has 0 heterocycles. The molecule has 0 amide bonds. The van der Waals surface area contributed by atoms with Gasteiger partial charge >= 0.3 is 0 Å². The Morgan fingerprint density at radius 3 is 2.53 bits per heavy atom. The molecule has 1 aromatic rings. The van der Waals surface area contributed by atoms with E-state index in [4.69, 9.17) is 0 Å². The van der Waals surface area contributed by atoms with E-state index in [9.17, 15) is 5.26 Å². The van der Waals surface area contributed by atoms with Gasteiger partial charge in [-0.15, -0.1) is 0 Å². The van der Waals surface area contributed by atoms with Crippen LogP contribution in [0.4, 0.5) is 5.69 Å². The zero-order chi connectivity index (χ0) is 13.9. The molecular weight excluding hydrogens is 232 g/mol. The zero-order valence-electron chi connectivity index (χ0n) is 12.2. The number of nitrogens with one attached hydrogen (secondary N) is 1. The molecule has 1 aliphatic rings. The van der Waals surface area contributed by atoms with Crippen LogP contribution < -0.4 is 5.32 Å². The molecule has 102 valence electrons. The lowest BCUT2D eigenvalue weighted by atomic mass is 9.68. The lowest BCUT2D eigenvalue weighted by Gasteiger charge is -2.42. The lowest BCUT2D eigenvalue weighted by Crippen LogP contribution is -2.48. The molecule has 1 N–H and O–H groups in total. The van der Waals surface area contributed by atoms with Crippen molar-refractivity contribution in [3.05, 3.63) is 29.8 Å². The topological polar surface area (TPSA) is 35.8 Å². The number of aryl methyl sites for hydroxylation is 1. The fourth-order valence-electron chi connectivity index (χ4n) is 3.32. The van der Waals surface area contributed by atoms with E-state index in [0.29, 0.717) is 11.8 Å². The number of anilines is 1. The third kappa shape index (κ3) is 2.92. The summed E-state index contributed by atoms with van der Waals surface area (Å²) < 4.78 is 0. The summed E-state index contributed by atoms with van der Waals surface area (Å²) in [5, 5.41) is 13.3. The second-order valence-corrected chi connectivity index (χ2v) is 6.17. The van der Waals surface area contributed by atoms with Gasteiger partial charge in [-0.2, -0.15) is 5.26 Å². The van der Waals surface area contributed by atoms with Gasteiger partial charge in [-0.3, -0.25) is 0 Å². The Hall–Kier alpha value is -1.49. The SMILES string of the molecule is Cc1ccc(NC2(C#N)CCCCC2C(C)C)cc1. The fourth-order valence-corrected chi connectivity index (χ4v) is 3.32. The van der Waals surface area contributed by atoms with Gasteiger partial charge in [-0.1, -0.05) is 44.4 Å². The summed E-state index contributed by atoms with van der Waals surface area (Å²) in [4.78, 5) is 0. The maximum atomic E-state index is 9.76. The summed E-state index contributed by atoms with van der Waals surface area (Å²) in [7, 11) is 0. The Morgan fingerprint density at radius 2 is 1.95 bits per heavy atom. The highest BCUT2D eigenvalue weighted by molar-refractivity contribution is 5.49. The molecule has 1 aliphatic carbocycles. The van der Waals surface area contributed by atoms with E-state index in [1.54, 1.807) is 0 Å². The van der Waals surface area contributed by atoms with E-state index < -0.39 is 0 Å². The van der Waals surface area contributed by atoms with Gasteiger partial charge in [0.2, 0.25) is 0 Å². The molecule has 2 nitrogen and oxygen atoms in total. The highest BCUT2D eigenvalue weighted by atomic mass is 15.0. The lowest BCUT2D eigenvalue weighted by molar-refractivity contribution is 0.205. The maximum Gasteiger partial charge on any atom is 0.128 e. The average molecular weight is 256 g/mol. The molecule has 0 radical (unpaired) electrons. The molecule has 1 fully saturated rings. The molecule has 0 aliphatic heterocycles. The number of hydrogen-bond donors (Lipinski definition) is 1. The van der Waals surface area contributed by atoms with E-state index in [-0.39, 0.29) is 5.54 Å². The monoisotopic (exact) mass is 256 g/mol. The highest BCUT2D eigenvalue weighted by Gasteiger charge is 2.42. The molecule has 2 heteroatoms. The molecule has 1 aromatic carbocycles. The van der Waals surface area contributed by atoms with Crippen molar-refractivity contribution in [1.29, 1.82) is 5.26 Å². The van der Waals surface area contributed by atoms with Crippen molar-refractivity contribution in [1.82, 2.24) is 0 Å². The quantitative estimate of drug-likeness (QED) is 0.863. The molecule has 0 aromatic heterocycles. The number of benzene rings is 1. The van der Waals surface area contributed by atoms with Crippen LogP contribution in [0.2, 0.25) is 0 Å². The van der Waals surface area contributed by atoms with Gasteiger partial charge in [0, 0.05) is 5.69 Å². The standard InChI is InChI=1S/C17H24N2/c1-13(2)16-6-4-5-11-17(16,12-18)19-15-9-7-14(3)8-10-15/h7-10,13,16,19H,4-6,11H2,1-3H3. The number of rotatable bonds is 3. The summed E-state index contributed by atoms with van der Waals surface area (Å²) in [6, 6.07) is 11.0. The van der Waals surface area contributed by atoms with E-state index in [1.807, 2.05) is 0 Å². The van der Waals surface area contributed by atoms with Crippen LogP contribution in [-0.4, -0.2) is 5.54 Å². The number of hydrogen-bond acceptors (Lipinski definition) is 2. The summed E-state index contributed by atoms with van der Waals surface area (Å²) in [6.45, 7) is 6.55. The summed E-state index contributed by atoms with van der Waals surface area (Å²) in [5.41, 5.74) is 1.93. The molecule has 1 saturated carbocycles. The van der Waals surface area contributed by atoms with Crippen molar-refractivity contribution >= 4 is 5.69 Å². The Labute approximate surface area is 116 Å². The van der Waals surface area contributed by atoms with Crippen molar-refractivity contribution in [3.8, 4) is 6.07 Å². The van der Waals surface area contributed by atoms with Crippen LogP contribution in [0.1, 0.15) is 45.1 Å². The Bertz CT molecular complexity index is 455. The molecule has 2 unspecified atom stereocenters. The van der Waals surface area contributed by atoms with Crippen LogP contribution in [0.5, 0.6) is 0 Å². The molecular formula is C17H24N2. The maximum absolute atomic E-state index is 9.76. The smallest absolute Gasteiger partial charge is 0.128 e. The summed E-state index contributed by atoms with van der Waals surface area (Å²) in [6.07, 6.45) is 4.52. The van der Waals surface area contributed by atoms with Crippen molar-refractivity contribution in [2.45, 2.75) is 52.0 Å². The van der Waals surface area contributed by atoms with E-state index in [0.717, 1.165) is 24.9 Å². The number of nitriles is 1. The number of nitrogens with zero attached hydrogens (tertiary/aromatic N) is 1. The van der Waals surface area contributed by atoms with Gasteiger partial charge in [0.15, 0.2) is 0 Å². The van der Waals surface area contributed by atoms with E-state index >= 15 is 0 Å². The molecule has 2 atom stereocenters. The third-order valence-corrected chi connectivity index (χ3v) is 4.39. The van der Waals surface area contributed by atoms with Gasteiger partial charge in [-0.05, 0) is 43.7 Å². The van der Waals surface area contributed by atoms with Crippen molar-refractivity contribution in [3.63, 3.8) is 0 Å². The minimum Gasteiger partial charge on any atom is -0.367 e. The van der Waals surface area contributed by atoms with E-state index in [2.05, 4.69) is 56.4 Å². The van der Waals surface area contributed by atoms with Gasteiger partial charge < -0.3 is 5.32 Å². The molecule has 2 rings (SSSR count). The van der Waals surface area contributed by atoms with Crippen molar-refractivity contribution in [2.75, 3.05) is 5.32 Å². The van der Waals surface area contributed by atoms with Crippen LogP contribution >= 0.6 is 0 Å². The van der Waals surface area contributed by atoms with Crippen molar-refractivity contribution in [2.24, 2.45) is 11.8 Å². The molecule has 19 heavy (non-hydrogen) atoms. The van der Waals surface area contributed by atoms with E-state index in [1.165, 1.54) is 12.0 Å². The van der Waals surface area contributed by atoms with Crippen molar-refractivity contribution < 1.29 is 0 Å². The Kier molecular flexibility index (Phi) is 4.14. The minimum absolute atomic E-state index is 0.387. The first-order chi connectivity index (χ1) is 9.07. The Morgan fingerprint density at radius 1 is 1.26 bits per heavy atom. The van der Waals surface area contributed by atoms with Gasteiger partial charge in [0.05, 0.1) is 6.07 Å². The molecule has 0 saturated heterocycles. The fraction of sp³-hybridized carbons (Fsp3) is 0.588. The predicted molar refractivity (Wildman–Crippen MR) is 79.9 cm³/mol. The van der Waals surface area contributed by atoms with Crippen LogP contribution in [0, 0.1) is 30.1 Å². The second-order valence-electron chi connectivity index (χ2n) is 6.17.